The van der Waals surface area contributed by atoms with Crippen LogP contribution in [0, 0.1) is 12.8 Å². The van der Waals surface area contributed by atoms with Gasteiger partial charge in [0, 0.05) is 30.0 Å². The highest BCUT2D eigenvalue weighted by molar-refractivity contribution is 6.31. The number of aromatic nitrogens is 2. The minimum atomic E-state index is 0.210. The van der Waals surface area contributed by atoms with Crippen molar-refractivity contribution in [1.82, 2.24) is 14.9 Å². The molecule has 0 spiro atoms. The van der Waals surface area contributed by atoms with Crippen molar-refractivity contribution >= 4 is 17.5 Å². The molecule has 1 fully saturated rings. The number of aryl methyl sites for hydroxylation is 2. The van der Waals surface area contributed by atoms with Crippen LogP contribution in [0.4, 0.5) is 0 Å². The van der Waals surface area contributed by atoms with Crippen molar-refractivity contribution in [2.45, 2.75) is 39.0 Å². The van der Waals surface area contributed by atoms with Crippen molar-refractivity contribution in [3.8, 4) is 0 Å². The Morgan fingerprint density at radius 2 is 2.17 bits per heavy atom. The summed E-state index contributed by atoms with van der Waals surface area (Å²) in [7, 11) is 0. The molecule has 2 aromatic rings. The molecule has 0 bridgehead atoms. The highest BCUT2D eigenvalue weighted by Gasteiger charge is 2.22. The number of carbonyl (C=O) groups excluding carboxylic acids is 1. The van der Waals surface area contributed by atoms with Gasteiger partial charge in [-0.1, -0.05) is 23.7 Å². The Kier molecular flexibility index (Phi) is 5.56. The summed E-state index contributed by atoms with van der Waals surface area (Å²) in [6, 6.07) is 5.88. The predicted molar refractivity (Wildman–Crippen MR) is 96.1 cm³/mol. The lowest BCUT2D eigenvalue weighted by Gasteiger charge is -2.32. The van der Waals surface area contributed by atoms with Crippen LogP contribution in [0.1, 0.15) is 36.1 Å². The Bertz CT molecular complexity index is 676. The summed E-state index contributed by atoms with van der Waals surface area (Å²) in [5.74, 6) is 0.910. The first-order chi connectivity index (χ1) is 11.6. The van der Waals surface area contributed by atoms with Crippen molar-refractivity contribution in [3.05, 3.63) is 52.6 Å². The molecule has 1 aromatic heterocycles. The molecule has 1 aromatic carbocycles. The van der Waals surface area contributed by atoms with Gasteiger partial charge in [-0.3, -0.25) is 4.79 Å². The second-order valence-electron chi connectivity index (χ2n) is 6.70. The Morgan fingerprint density at radius 1 is 1.38 bits per heavy atom. The maximum absolute atomic E-state index is 12.5. The molecule has 0 atom stereocenters. The van der Waals surface area contributed by atoms with Crippen molar-refractivity contribution < 1.29 is 4.79 Å². The third kappa shape index (κ3) is 4.38. The zero-order valence-electron chi connectivity index (χ0n) is 14.1. The quantitative estimate of drug-likeness (QED) is 0.896. The lowest BCUT2D eigenvalue weighted by Crippen LogP contribution is -2.39. The zero-order valence-corrected chi connectivity index (χ0v) is 14.9. The van der Waals surface area contributed by atoms with Crippen LogP contribution in [-0.4, -0.2) is 33.9 Å². The van der Waals surface area contributed by atoms with E-state index in [1.807, 2.05) is 36.2 Å². The molecule has 4 nitrogen and oxygen atoms in total. The van der Waals surface area contributed by atoms with E-state index < -0.39 is 0 Å². The molecular weight excluding hydrogens is 322 g/mol. The number of imidazole rings is 1. The average molecular weight is 346 g/mol. The summed E-state index contributed by atoms with van der Waals surface area (Å²) in [6.45, 7) is 3.71. The number of nitrogens with one attached hydrogen (secondary N) is 1. The number of aromatic amines is 1. The van der Waals surface area contributed by atoms with Crippen LogP contribution in [0.25, 0.3) is 0 Å². The largest absolute Gasteiger partial charge is 0.348 e. The Hall–Kier alpha value is -1.81. The number of benzene rings is 1. The molecule has 1 aliphatic heterocycles. The Morgan fingerprint density at radius 3 is 2.83 bits per heavy atom. The van der Waals surface area contributed by atoms with Crippen LogP contribution in [0.3, 0.4) is 0 Å². The summed E-state index contributed by atoms with van der Waals surface area (Å²) in [4.78, 5) is 21.7. The van der Waals surface area contributed by atoms with E-state index in [2.05, 4.69) is 9.97 Å². The van der Waals surface area contributed by atoms with E-state index in [1.165, 1.54) is 5.69 Å². The van der Waals surface area contributed by atoms with Crippen molar-refractivity contribution in [2.75, 3.05) is 13.1 Å². The Labute approximate surface area is 148 Å². The molecule has 0 radical (unpaired) electrons. The van der Waals surface area contributed by atoms with E-state index in [0.717, 1.165) is 54.9 Å². The van der Waals surface area contributed by atoms with Crippen LogP contribution >= 0.6 is 11.6 Å². The maximum Gasteiger partial charge on any atom is 0.226 e. The van der Waals surface area contributed by atoms with Gasteiger partial charge in [-0.05, 0) is 55.7 Å². The fourth-order valence-corrected chi connectivity index (χ4v) is 3.49. The highest BCUT2D eigenvalue weighted by atomic mass is 35.5. The van der Waals surface area contributed by atoms with Gasteiger partial charge in [0.1, 0.15) is 0 Å². The summed E-state index contributed by atoms with van der Waals surface area (Å²) in [5, 5.41) is 0.734. The number of likely N-dealkylation sites (tertiary alicyclic amines) is 1. The number of hydrogen-bond acceptors (Lipinski definition) is 2. The smallest absolute Gasteiger partial charge is 0.226 e. The number of rotatable bonds is 5. The Balaban J connectivity index is 1.45. The lowest BCUT2D eigenvalue weighted by molar-refractivity contribution is -0.131. The van der Waals surface area contributed by atoms with Gasteiger partial charge in [-0.15, -0.1) is 0 Å². The molecular formula is C19H24ClN3O. The summed E-state index contributed by atoms with van der Waals surface area (Å²) in [6.07, 6.45) is 8.46. The fraction of sp³-hybridized carbons (Fsp3) is 0.474. The third-order valence-corrected chi connectivity index (χ3v) is 5.34. The molecule has 2 heterocycles. The van der Waals surface area contributed by atoms with Crippen molar-refractivity contribution in [2.24, 2.45) is 5.92 Å². The minimum Gasteiger partial charge on any atom is -0.348 e. The topological polar surface area (TPSA) is 49.0 Å². The summed E-state index contributed by atoms with van der Waals surface area (Å²) in [5.41, 5.74) is 3.24. The molecule has 3 rings (SSSR count). The third-order valence-electron chi connectivity index (χ3n) is 4.94. The summed E-state index contributed by atoms with van der Waals surface area (Å²) >= 11 is 6.15. The monoisotopic (exact) mass is 345 g/mol. The van der Waals surface area contributed by atoms with Gasteiger partial charge in [0.25, 0.3) is 0 Å². The molecule has 5 heteroatoms. The van der Waals surface area contributed by atoms with Crippen LogP contribution in [0.2, 0.25) is 5.02 Å². The standard InChI is InChI=1S/C19H24ClN3O/c1-14-2-3-16(10-18(14)20)11-19(24)23-8-6-15(7-9-23)4-5-17-12-21-13-22-17/h2-3,10,12-13,15H,4-9,11H2,1H3,(H,21,22). The van der Waals surface area contributed by atoms with Gasteiger partial charge in [0.15, 0.2) is 0 Å². The first-order valence-corrected chi connectivity index (χ1v) is 8.99. The first kappa shape index (κ1) is 17.0. The highest BCUT2D eigenvalue weighted by Crippen LogP contribution is 2.23. The van der Waals surface area contributed by atoms with Gasteiger partial charge < -0.3 is 9.88 Å². The SMILES string of the molecule is Cc1ccc(CC(=O)N2CCC(CCc3cnc[nH]3)CC2)cc1Cl. The molecule has 0 saturated carbocycles. The first-order valence-electron chi connectivity index (χ1n) is 8.62. The minimum absolute atomic E-state index is 0.210. The molecule has 0 aliphatic carbocycles. The van der Waals surface area contributed by atoms with Gasteiger partial charge in [-0.2, -0.15) is 0 Å². The molecule has 1 amide bonds. The number of carbonyl (C=O) groups is 1. The van der Waals surface area contributed by atoms with E-state index in [-0.39, 0.29) is 5.91 Å². The van der Waals surface area contributed by atoms with E-state index in [4.69, 9.17) is 11.6 Å². The number of nitrogens with zero attached hydrogens (tertiary/aromatic N) is 2. The molecule has 1 N–H and O–H groups in total. The molecule has 1 saturated heterocycles. The number of halogens is 1. The number of hydrogen-bond donors (Lipinski definition) is 1. The number of H-pyrrole nitrogens is 1. The number of amides is 1. The van der Waals surface area contributed by atoms with Crippen molar-refractivity contribution in [1.29, 1.82) is 0 Å². The second kappa shape index (κ2) is 7.84. The van der Waals surface area contributed by atoms with Crippen LogP contribution in [0.15, 0.2) is 30.7 Å². The van der Waals surface area contributed by atoms with Crippen LogP contribution in [-0.2, 0) is 17.6 Å². The van der Waals surface area contributed by atoms with Crippen molar-refractivity contribution in [3.63, 3.8) is 0 Å². The molecule has 128 valence electrons. The molecule has 0 unspecified atom stereocenters. The van der Waals surface area contributed by atoms with E-state index in [1.54, 1.807) is 6.33 Å². The van der Waals surface area contributed by atoms with E-state index in [9.17, 15) is 4.79 Å². The lowest BCUT2D eigenvalue weighted by atomic mass is 9.91. The van der Waals surface area contributed by atoms with Gasteiger partial charge in [-0.25, -0.2) is 4.98 Å². The second-order valence-corrected chi connectivity index (χ2v) is 7.11. The fourth-order valence-electron chi connectivity index (χ4n) is 3.28. The van der Waals surface area contributed by atoms with Gasteiger partial charge >= 0.3 is 0 Å². The van der Waals surface area contributed by atoms with Gasteiger partial charge in [0.2, 0.25) is 5.91 Å². The zero-order chi connectivity index (χ0) is 16.9. The predicted octanol–water partition coefficient (Wildman–Crippen LogP) is 3.79. The maximum atomic E-state index is 12.5. The van der Waals surface area contributed by atoms with Crippen LogP contribution < -0.4 is 0 Å². The normalized spacial score (nSPS) is 15.7. The molecule has 1 aliphatic rings. The average Bonchev–Trinajstić information content (AvgIpc) is 3.10. The molecule has 24 heavy (non-hydrogen) atoms. The van der Waals surface area contributed by atoms with E-state index >= 15 is 0 Å². The summed E-state index contributed by atoms with van der Waals surface area (Å²) < 4.78 is 0. The van der Waals surface area contributed by atoms with E-state index in [0.29, 0.717) is 12.3 Å². The van der Waals surface area contributed by atoms with Crippen LogP contribution in [0.5, 0.6) is 0 Å². The number of piperidine rings is 1. The van der Waals surface area contributed by atoms with Gasteiger partial charge in [0.05, 0.1) is 12.7 Å².